The quantitative estimate of drug-likeness (QED) is 0.569. The lowest BCUT2D eigenvalue weighted by atomic mass is 10.2. The minimum Gasteiger partial charge on any atom is -0.493 e. The second-order valence-corrected chi connectivity index (χ2v) is 6.78. The Morgan fingerprint density at radius 3 is 2.64 bits per heavy atom. The molecule has 0 saturated carbocycles. The zero-order valence-corrected chi connectivity index (χ0v) is 15.2. The van der Waals surface area contributed by atoms with E-state index in [4.69, 9.17) is 21.1 Å². The molecule has 1 N–H and O–H groups in total. The van der Waals surface area contributed by atoms with Crippen molar-refractivity contribution in [3.05, 3.63) is 75.2 Å². The summed E-state index contributed by atoms with van der Waals surface area (Å²) in [6, 6.07) is 13.9. The third kappa shape index (κ3) is 4.65. The van der Waals surface area contributed by atoms with Gasteiger partial charge in [0.15, 0.2) is 11.5 Å². The van der Waals surface area contributed by atoms with Crippen molar-refractivity contribution in [2.75, 3.05) is 12.4 Å². The molecular formula is C19H17ClFNO2S. The van der Waals surface area contributed by atoms with Crippen molar-refractivity contribution in [2.45, 2.75) is 13.2 Å². The van der Waals surface area contributed by atoms with Crippen molar-refractivity contribution >= 4 is 28.6 Å². The van der Waals surface area contributed by atoms with Crippen molar-refractivity contribution in [3.8, 4) is 11.5 Å². The molecule has 1 aromatic heterocycles. The fourth-order valence-corrected chi connectivity index (χ4v) is 3.23. The first kappa shape index (κ1) is 17.6. The van der Waals surface area contributed by atoms with E-state index in [0.717, 1.165) is 16.1 Å². The average Bonchev–Trinajstić information content (AvgIpc) is 3.13. The molecule has 0 unspecified atom stereocenters. The van der Waals surface area contributed by atoms with E-state index in [0.29, 0.717) is 29.7 Å². The second-order valence-electron chi connectivity index (χ2n) is 5.34. The van der Waals surface area contributed by atoms with Crippen molar-refractivity contribution in [3.63, 3.8) is 0 Å². The van der Waals surface area contributed by atoms with Crippen molar-refractivity contribution in [1.29, 1.82) is 0 Å². The van der Waals surface area contributed by atoms with Crippen LogP contribution in [-0.2, 0) is 13.2 Å². The zero-order chi connectivity index (χ0) is 17.6. The Bertz CT molecular complexity index is 822. The number of anilines is 1. The molecule has 3 nitrogen and oxygen atoms in total. The Labute approximate surface area is 155 Å². The third-order valence-corrected chi connectivity index (χ3v) is 4.70. The number of methoxy groups -OCH3 is 1. The number of hydrogen-bond acceptors (Lipinski definition) is 4. The van der Waals surface area contributed by atoms with E-state index in [1.165, 1.54) is 12.1 Å². The van der Waals surface area contributed by atoms with Crippen LogP contribution in [0.2, 0.25) is 5.02 Å². The van der Waals surface area contributed by atoms with Gasteiger partial charge in [-0.25, -0.2) is 4.39 Å². The number of benzene rings is 2. The van der Waals surface area contributed by atoms with Gasteiger partial charge in [-0.2, -0.15) is 0 Å². The molecule has 0 aliphatic rings. The number of thiophene rings is 1. The van der Waals surface area contributed by atoms with Gasteiger partial charge >= 0.3 is 0 Å². The van der Waals surface area contributed by atoms with Gasteiger partial charge in [-0.15, -0.1) is 11.3 Å². The van der Waals surface area contributed by atoms with Gasteiger partial charge in [0, 0.05) is 17.1 Å². The van der Waals surface area contributed by atoms with Crippen LogP contribution >= 0.6 is 22.9 Å². The number of halogens is 2. The number of rotatable bonds is 7. The van der Waals surface area contributed by atoms with Crippen LogP contribution < -0.4 is 14.8 Å². The Morgan fingerprint density at radius 1 is 1.16 bits per heavy atom. The first-order valence-corrected chi connectivity index (χ1v) is 8.92. The van der Waals surface area contributed by atoms with Crippen LogP contribution in [0.1, 0.15) is 10.4 Å². The summed E-state index contributed by atoms with van der Waals surface area (Å²) in [5, 5.41) is 5.71. The van der Waals surface area contributed by atoms with Gasteiger partial charge in [0.05, 0.1) is 12.1 Å². The van der Waals surface area contributed by atoms with Gasteiger partial charge in [0.25, 0.3) is 0 Å². The number of nitrogens with one attached hydrogen (secondary N) is 1. The lowest BCUT2D eigenvalue weighted by Crippen LogP contribution is -2.02. The Hall–Kier alpha value is -2.24. The highest BCUT2D eigenvalue weighted by Crippen LogP contribution is 2.37. The summed E-state index contributed by atoms with van der Waals surface area (Å²) in [4.78, 5) is 1.11. The SMILES string of the molecule is COc1cc(CNc2ccc(F)cc2)cc(Cl)c1OCc1cccs1. The molecular weight excluding hydrogens is 361 g/mol. The summed E-state index contributed by atoms with van der Waals surface area (Å²) >= 11 is 8.00. The molecule has 25 heavy (non-hydrogen) atoms. The van der Waals surface area contributed by atoms with Crippen LogP contribution in [0, 0.1) is 5.82 Å². The summed E-state index contributed by atoms with van der Waals surface area (Å²) in [6.45, 7) is 0.980. The molecule has 130 valence electrons. The van der Waals surface area contributed by atoms with E-state index in [1.54, 1.807) is 30.6 Å². The predicted octanol–water partition coefficient (Wildman–Crippen LogP) is 5.74. The highest BCUT2D eigenvalue weighted by atomic mass is 35.5. The van der Waals surface area contributed by atoms with E-state index in [1.807, 2.05) is 29.6 Å². The summed E-state index contributed by atoms with van der Waals surface area (Å²) in [7, 11) is 1.58. The standard InChI is InChI=1S/C19H17ClFNO2S/c1-23-18-10-13(11-22-15-6-4-14(21)5-7-15)9-17(20)19(18)24-12-16-3-2-8-25-16/h2-10,22H,11-12H2,1H3. The molecule has 0 spiro atoms. The Balaban J connectivity index is 1.70. The lowest BCUT2D eigenvalue weighted by molar-refractivity contribution is 0.287. The maximum Gasteiger partial charge on any atom is 0.180 e. The first-order chi connectivity index (χ1) is 12.2. The van der Waals surface area contributed by atoms with E-state index < -0.39 is 0 Å². The van der Waals surface area contributed by atoms with E-state index >= 15 is 0 Å². The van der Waals surface area contributed by atoms with Crippen LogP contribution in [0.4, 0.5) is 10.1 Å². The van der Waals surface area contributed by atoms with Crippen LogP contribution in [0.25, 0.3) is 0 Å². The van der Waals surface area contributed by atoms with E-state index in [-0.39, 0.29) is 5.82 Å². The summed E-state index contributed by atoms with van der Waals surface area (Å²) in [5.74, 6) is 0.852. The smallest absolute Gasteiger partial charge is 0.180 e. The average molecular weight is 378 g/mol. The summed E-state index contributed by atoms with van der Waals surface area (Å²) in [5.41, 5.74) is 1.77. The number of ether oxygens (including phenoxy) is 2. The summed E-state index contributed by atoms with van der Waals surface area (Å²) < 4.78 is 24.2. The van der Waals surface area contributed by atoms with Crippen LogP contribution in [0.5, 0.6) is 11.5 Å². The van der Waals surface area contributed by atoms with Gasteiger partial charge < -0.3 is 14.8 Å². The van der Waals surface area contributed by atoms with Crippen molar-refractivity contribution in [2.24, 2.45) is 0 Å². The fraction of sp³-hybridized carbons (Fsp3) is 0.158. The van der Waals surface area contributed by atoms with Gasteiger partial charge in [-0.1, -0.05) is 17.7 Å². The van der Waals surface area contributed by atoms with Crippen LogP contribution in [0.3, 0.4) is 0 Å². The Kier molecular flexibility index (Phi) is 5.79. The number of hydrogen-bond donors (Lipinski definition) is 1. The van der Waals surface area contributed by atoms with E-state index in [9.17, 15) is 4.39 Å². The molecule has 6 heteroatoms. The van der Waals surface area contributed by atoms with Crippen LogP contribution in [0.15, 0.2) is 53.9 Å². The van der Waals surface area contributed by atoms with Crippen LogP contribution in [-0.4, -0.2) is 7.11 Å². The molecule has 0 bridgehead atoms. The van der Waals surface area contributed by atoms with Gasteiger partial charge in [-0.05, 0) is 53.4 Å². The molecule has 0 aliphatic carbocycles. The molecule has 2 aromatic carbocycles. The molecule has 0 atom stereocenters. The summed E-state index contributed by atoms with van der Waals surface area (Å²) in [6.07, 6.45) is 0. The second kappa shape index (κ2) is 8.23. The largest absolute Gasteiger partial charge is 0.493 e. The molecule has 3 rings (SSSR count). The monoisotopic (exact) mass is 377 g/mol. The predicted molar refractivity (Wildman–Crippen MR) is 100 cm³/mol. The minimum absolute atomic E-state index is 0.262. The molecule has 1 heterocycles. The van der Waals surface area contributed by atoms with Gasteiger partial charge in [0.1, 0.15) is 12.4 Å². The van der Waals surface area contributed by atoms with E-state index in [2.05, 4.69) is 5.32 Å². The van der Waals surface area contributed by atoms with Gasteiger partial charge in [-0.3, -0.25) is 0 Å². The minimum atomic E-state index is -0.262. The highest BCUT2D eigenvalue weighted by molar-refractivity contribution is 7.09. The maximum atomic E-state index is 12.9. The fourth-order valence-electron chi connectivity index (χ4n) is 2.33. The molecule has 0 aliphatic heterocycles. The third-order valence-electron chi connectivity index (χ3n) is 3.57. The Morgan fingerprint density at radius 2 is 1.96 bits per heavy atom. The maximum absolute atomic E-state index is 12.9. The highest BCUT2D eigenvalue weighted by Gasteiger charge is 2.12. The molecule has 0 amide bonds. The molecule has 0 fully saturated rings. The zero-order valence-electron chi connectivity index (χ0n) is 13.6. The topological polar surface area (TPSA) is 30.5 Å². The van der Waals surface area contributed by atoms with Gasteiger partial charge in [0.2, 0.25) is 0 Å². The first-order valence-electron chi connectivity index (χ1n) is 7.67. The normalized spacial score (nSPS) is 10.5. The van der Waals surface area contributed by atoms with Crippen molar-refractivity contribution in [1.82, 2.24) is 0 Å². The van der Waals surface area contributed by atoms with Crippen molar-refractivity contribution < 1.29 is 13.9 Å². The molecule has 3 aromatic rings. The molecule has 0 radical (unpaired) electrons. The molecule has 0 saturated heterocycles. The lowest BCUT2D eigenvalue weighted by Gasteiger charge is -2.14.